The number of rotatable bonds is 9. The standard InChI is InChI=1S/C20H23N5O2S/c1-24(17-11-8-12-18(15-17)27-2)19(26)13-6-7-14-28-20-21-22-23-25(20)16-9-4-3-5-10-16/h3-5,8-12,15H,6-7,13-14H2,1-2H3. The van der Waals surface area contributed by atoms with Crippen molar-refractivity contribution in [3.05, 3.63) is 54.6 Å². The maximum Gasteiger partial charge on any atom is 0.226 e. The van der Waals surface area contributed by atoms with Crippen LogP contribution in [0.5, 0.6) is 5.75 Å². The SMILES string of the molecule is COc1cccc(N(C)C(=O)CCCCSc2nnnn2-c2ccccc2)c1. The van der Waals surface area contributed by atoms with Crippen molar-refractivity contribution in [2.75, 3.05) is 24.8 Å². The number of benzene rings is 2. The molecule has 0 aliphatic rings. The van der Waals surface area contributed by atoms with E-state index in [0.29, 0.717) is 6.42 Å². The van der Waals surface area contributed by atoms with Crippen LogP contribution in [0.2, 0.25) is 0 Å². The molecule has 146 valence electrons. The second-order valence-electron chi connectivity index (χ2n) is 6.17. The summed E-state index contributed by atoms with van der Waals surface area (Å²) in [5.74, 6) is 1.68. The molecule has 0 spiro atoms. The van der Waals surface area contributed by atoms with Crippen molar-refractivity contribution >= 4 is 23.4 Å². The summed E-state index contributed by atoms with van der Waals surface area (Å²) in [5, 5.41) is 12.7. The molecule has 0 radical (unpaired) electrons. The monoisotopic (exact) mass is 397 g/mol. The fourth-order valence-corrected chi connectivity index (χ4v) is 3.56. The lowest BCUT2D eigenvalue weighted by atomic mass is 10.2. The van der Waals surface area contributed by atoms with Gasteiger partial charge >= 0.3 is 0 Å². The number of ether oxygens (including phenoxy) is 1. The quantitative estimate of drug-likeness (QED) is 0.406. The van der Waals surface area contributed by atoms with E-state index in [-0.39, 0.29) is 5.91 Å². The van der Waals surface area contributed by atoms with Crippen molar-refractivity contribution in [2.45, 2.75) is 24.4 Å². The molecular formula is C20H23N5O2S. The summed E-state index contributed by atoms with van der Waals surface area (Å²) >= 11 is 1.60. The molecule has 28 heavy (non-hydrogen) atoms. The molecule has 0 aliphatic heterocycles. The van der Waals surface area contributed by atoms with Gasteiger partial charge in [-0.1, -0.05) is 36.0 Å². The second-order valence-corrected chi connectivity index (χ2v) is 7.23. The van der Waals surface area contributed by atoms with Gasteiger partial charge in [-0.25, -0.2) is 0 Å². The molecule has 8 heteroatoms. The van der Waals surface area contributed by atoms with Crippen molar-refractivity contribution in [1.29, 1.82) is 0 Å². The normalized spacial score (nSPS) is 10.6. The number of aromatic nitrogens is 4. The molecule has 0 aliphatic carbocycles. The predicted molar refractivity (Wildman–Crippen MR) is 110 cm³/mol. The van der Waals surface area contributed by atoms with Crippen LogP contribution in [0.4, 0.5) is 5.69 Å². The lowest BCUT2D eigenvalue weighted by Crippen LogP contribution is -2.25. The van der Waals surface area contributed by atoms with Crippen molar-refractivity contribution in [3.63, 3.8) is 0 Å². The third kappa shape index (κ3) is 5.10. The number of unbranched alkanes of at least 4 members (excludes halogenated alkanes) is 1. The van der Waals surface area contributed by atoms with E-state index in [9.17, 15) is 4.79 Å². The number of anilines is 1. The molecule has 0 saturated heterocycles. The summed E-state index contributed by atoms with van der Waals surface area (Å²) in [6, 6.07) is 17.3. The number of tetrazole rings is 1. The van der Waals surface area contributed by atoms with Crippen molar-refractivity contribution in [3.8, 4) is 11.4 Å². The molecule has 0 unspecified atom stereocenters. The Morgan fingerprint density at radius 1 is 1.14 bits per heavy atom. The Bertz CT molecular complexity index is 900. The summed E-state index contributed by atoms with van der Waals surface area (Å²) in [6.07, 6.45) is 2.22. The molecule has 3 rings (SSSR count). The summed E-state index contributed by atoms with van der Waals surface area (Å²) < 4.78 is 6.94. The van der Waals surface area contributed by atoms with Gasteiger partial charge in [0.05, 0.1) is 12.8 Å². The second kappa shape index (κ2) is 9.89. The van der Waals surface area contributed by atoms with Crippen molar-refractivity contribution < 1.29 is 9.53 Å². The summed E-state index contributed by atoms with van der Waals surface area (Å²) in [7, 11) is 3.41. The number of thioether (sulfide) groups is 1. The maximum atomic E-state index is 12.4. The van der Waals surface area contributed by atoms with E-state index in [4.69, 9.17) is 4.74 Å². The average Bonchev–Trinajstić information content (AvgIpc) is 3.22. The van der Waals surface area contributed by atoms with Gasteiger partial charge < -0.3 is 9.64 Å². The lowest BCUT2D eigenvalue weighted by Gasteiger charge is -2.18. The number of nitrogens with zero attached hydrogens (tertiary/aromatic N) is 5. The first-order chi connectivity index (χ1) is 13.7. The molecule has 1 aromatic heterocycles. The first kappa shape index (κ1) is 19.9. The predicted octanol–water partition coefficient (Wildman–Crippen LogP) is 3.60. The minimum atomic E-state index is 0.0902. The molecule has 0 atom stereocenters. The number of hydrogen-bond donors (Lipinski definition) is 0. The highest BCUT2D eigenvalue weighted by Gasteiger charge is 2.12. The molecule has 2 aromatic carbocycles. The molecule has 7 nitrogen and oxygen atoms in total. The Hall–Kier alpha value is -2.87. The minimum Gasteiger partial charge on any atom is -0.497 e. The Kier molecular flexibility index (Phi) is 7.02. The smallest absolute Gasteiger partial charge is 0.226 e. The van der Waals surface area contributed by atoms with Crippen LogP contribution in [0.25, 0.3) is 5.69 Å². The molecule has 1 amide bonds. The Balaban J connectivity index is 1.44. The van der Waals surface area contributed by atoms with Gasteiger partial charge in [0.2, 0.25) is 11.1 Å². The Morgan fingerprint density at radius 2 is 1.96 bits per heavy atom. The summed E-state index contributed by atoms with van der Waals surface area (Å²) in [4.78, 5) is 14.1. The van der Waals surface area contributed by atoms with Gasteiger partial charge in [-0.2, -0.15) is 4.68 Å². The van der Waals surface area contributed by atoms with Crippen LogP contribution in [-0.4, -0.2) is 46.0 Å². The highest BCUT2D eigenvalue weighted by Crippen LogP contribution is 2.22. The number of carbonyl (C=O) groups is 1. The Morgan fingerprint density at radius 3 is 2.75 bits per heavy atom. The largest absolute Gasteiger partial charge is 0.497 e. The van der Waals surface area contributed by atoms with E-state index in [1.807, 2.05) is 54.6 Å². The fourth-order valence-electron chi connectivity index (χ4n) is 2.67. The topological polar surface area (TPSA) is 73.1 Å². The summed E-state index contributed by atoms with van der Waals surface area (Å²) in [5.41, 5.74) is 1.77. The third-order valence-electron chi connectivity index (χ3n) is 4.27. The zero-order valence-corrected chi connectivity index (χ0v) is 16.8. The molecule has 0 bridgehead atoms. The zero-order chi connectivity index (χ0) is 19.8. The molecule has 0 fully saturated rings. The van der Waals surface area contributed by atoms with Gasteiger partial charge in [0, 0.05) is 31.0 Å². The maximum absolute atomic E-state index is 12.4. The Labute approximate surface area is 168 Å². The first-order valence-electron chi connectivity index (χ1n) is 9.06. The van der Waals surface area contributed by atoms with Gasteiger partial charge in [-0.05, 0) is 47.5 Å². The van der Waals surface area contributed by atoms with E-state index in [1.54, 1.807) is 35.5 Å². The van der Waals surface area contributed by atoms with Gasteiger partial charge in [-0.3, -0.25) is 4.79 Å². The highest BCUT2D eigenvalue weighted by atomic mass is 32.2. The number of carbonyl (C=O) groups excluding carboxylic acids is 1. The van der Waals surface area contributed by atoms with Crippen LogP contribution in [0.1, 0.15) is 19.3 Å². The number of methoxy groups -OCH3 is 1. The van der Waals surface area contributed by atoms with Gasteiger partial charge in [0.15, 0.2) is 0 Å². The third-order valence-corrected chi connectivity index (χ3v) is 5.28. The molecule has 1 heterocycles. The van der Waals surface area contributed by atoms with Crippen molar-refractivity contribution in [1.82, 2.24) is 20.2 Å². The van der Waals surface area contributed by atoms with E-state index in [0.717, 1.165) is 40.9 Å². The molecule has 0 N–H and O–H groups in total. The van der Waals surface area contributed by atoms with Gasteiger partial charge in [0.25, 0.3) is 0 Å². The van der Waals surface area contributed by atoms with Crippen LogP contribution in [0.15, 0.2) is 59.8 Å². The van der Waals surface area contributed by atoms with Crippen LogP contribution in [0, 0.1) is 0 Å². The fraction of sp³-hybridized carbons (Fsp3) is 0.300. The average molecular weight is 398 g/mol. The van der Waals surface area contributed by atoms with Crippen LogP contribution >= 0.6 is 11.8 Å². The number of hydrogen-bond acceptors (Lipinski definition) is 6. The highest BCUT2D eigenvalue weighted by molar-refractivity contribution is 7.99. The van der Waals surface area contributed by atoms with Gasteiger partial charge in [-0.15, -0.1) is 5.10 Å². The van der Waals surface area contributed by atoms with Gasteiger partial charge in [0.1, 0.15) is 5.75 Å². The zero-order valence-electron chi connectivity index (χ0n) is 16.0. The molecular weight excluding hydrogens is 374 g/mol. The molecule has 3 aromatic rings. The number of para-hydroxylation sites is 1. The lowest BCUT2D eigenvalue weighted by molar-refractivity contribution is -0.118. The first-order valence-corrected chi connectivity index (χ1v) is 10.0. The molecule has 0 saturated carbocycles. The van der Waals surface area contributed by atoms with E-state index in [2.05, 4.69) is 15.5 Å². The van der Waals surface area contributed by atoms with Crippen LogP contribution < -0.4 is 9.64 Å². The number of amides is 1. The summed E-state index contributed by atoms with van der Waals surface area (Å²) in [6.45, 7) is 0. The minimum absolute atomic E-state index is 0.0902. The van der Waals surface area contributed by atoms with Crippen LogP contribution in [-0.2, 0) is 4.79 Å². The van der Waals surface area contributed by atoms with Crippen LogP contribution in [0.3, 0.4) is 0 Å². The van der Waals surface area contributed by atoms with E-state index < -0.39 is 0 Å². The van der Waals surface area contributed by atoms with Crippen molar-refractivity contribution in [2.24, 2.45) is 0 Å². The van der Waals surface area contributed by atoms with E-state index in [1.165, 1.54) is 0 Å². The van der Waals surface area contributed by atoms with E-state index >= 15 is 0 Å².